The average Bonchev–Trinajstić information content (AvgIpc) is 3.33. The first-order valence-electron chi connectivity index (χ1n) is 15.3. The van der Waals surface area contributed by atoms with Gasteiger partial charge in [0.05, 0.1) is 0 Å². The minimum absolute atomic E-state index is 0.497. The van der Waals surface area contributed by atoms with Gasteiger partial charge in [0.15, 0.2) is 0 Å². The van der Waals surface area contributed by atoms with Crippen LogP contribution in [0.15, 0.2) is 18.2 Å². The molecule has 3 saturated carbocycles. The number of aryl methyl sites for hydroxylation is 1. The summed E-state index contributed by atoms with van der Waals surface area (Å²) in [6.07, 6.45) is 15.9. The molecule has 1 N–H and O–H groups in total. The molecule has 1 heterocycles. The SMILES string of the molecule is Cc1ccc2[nH]c3c(c2c1)CC1(C)C(CCC2C1CCC1(C)C(C(C)CCCC(C)C)CCC21)C3. The Kier molecular flexibility index (Phi) is 5.97. The number of benzene rings is 1. The fourth-order valence-corrected chi connectivity index (χ4v) is 10.6. The number of nitrogens with one attached hydrogen (secondary N) is 1. The molecule has 1 aromatic heterocycles. The van der Waals surface area contributed by atoms with E-state index in [1.807, 2.05) is 0 Å². The van der Waals surface area contributed by atoms with Gasteiger partial charge in [0.25, 0.3) is 0 Å². The Balaban J connectivity index is 1.24. The molecule has 0 aliphatic heterocycles. The van der Waals surface area contributed by atoms with Crippen LogP contribution in [0.4, 0.5) is 0 Å². The van der Waals surface area contributed by atoms with Crippen molar-refractivity contribution in [3.8, 4) is 0 Å². The minimum Gasteiger partial charge on any atom is -0.358 e. The van der Waals surface area contributed by atoms with Gasteiger partial charge in [-0.15, -0.1) is 0 Å². The third-order valence-electron chi connectivity index (χ3n) is 12.4. The van der Waals surface area contributed by atoms with Crippen molar-refractivity contribution in [2.75, 3.05) is 0 Å². The zero-order chi connectivity index (χ0) is 24.5. The first kappa shape index (κ1) is 24.1. The Morgan fingerprint density at radius 3 is 2.54 bits per heavy atom. The van der Waals surface area contributed by atoms with Crippen molar-refractivity contribution in [3.05, 3.63) is 35.0 Å². The highest BCUT2D eigenvalue weighted by Gasteiger charge is 2.60. The number of aromatic nitrogens is 1. The zero-order valence-electron chi connectivity index (χ0n) is 23.6. The molecule has 0 amide bonds. The highest BCUT2D eigenvalue weighted by molar-refractivity contribution is 5.85. The smallest absolute Gasteiger partial charge is 0.0459 e. The number of aromatic amines is 1. The summed E-state index contributed by atoms with van der Waals surface area (Å²) >= 11 is 0. The summed E-state index contributed by atoms with van der Waals surface area (Å²) in [5, 5.41) is 1.53. The van der Waals surface area contributed by atoms with E-state index in [9.17, 15) is 0 Å². The van der Waals surface area contributed by atoms with Gasteiger partial charge in [0, 0.05) is 16.6 Å². The molecule has 0 radical (unpaired) electrons. The van der Waals surface area contributed by atoms with Gasteiger partial charge in [-0.2, -0.15) is 0 Å². The van der Waals surface area contributed by atoms with Crippen LogP contribution in [0.1, 0.15) is 109 Å². The van der Waals surface area contributed by atoms with Crippen molar-refractivity contribution in [1.29, 1.82) is 0 Å². The largest absolute Gasteiger partial charge is 0.358 e. The molecule has 35 heavy (non-hydrogen) atoms. The molecule has 4 aliphatic rings. The zero-order valence-corrected chi connectivity index (χ0v) is 23.6. The van der Waals surface area contributed by atoms with Crippen molar-refractivity contribution in [2.45, 2.75) is 112 Å². The summed E-state index contributed by atoms with van der Waals surface area (Å²) in [5.74, 6) is 6.54. The second-order valence-electron chi connectivity index (χ2n) is 14.7. The molecule has 192 valence electrons. The molecule has 8 unspecified atom stereocenters. The molecule has 8 atom stereocenters. The van der Waals surface area contributed by atoms with Gasteiger partial charge >= 0.3 is 0 Å². The third-order valence-corrected chi connectivity index (χ3v) is 12.4. The van der Waals surface area contributed by atoms with Gasteiger partial charge < -0.3 is 4.98 Å². The van der Waals surface area contributed by atoms with E-state index in [-0.39, 0.29) is 0 Å². The number of hydrogen-bond donors (Lipinski definition) is 1. The van der Waals surface area contributed by atoms with E-state index < -0.39 is 0 Å². The molecule has 2 aromatic rings. The lowest BCUT2D eigenvalue weighted by Crippen LogP contribution is -2.54. The monoisotopic (exact) mass is 473 g/mol. The standard InChI is InChI=1S/C34H51N/c1-21(2)8-7-9-23(4)28-13-14-29-25-12-11-24-19-32-27(26-18-22(3)10-15-31(26)35-32)20-34(24,6)30(25)16-17-33(28,29)5/h10,15,18,21,23-25,28-30,35H,7-9,11-14,16-17,19-20H2,1-6H3. The van der Waals surface area contributed by atoms with Crippen molar-refractivity contribution >= 4 is 10.9 Å². The van der Waals surface area contributed by atoms with Crippen LogP contribution in [-0.4, -0.2) is 4.98 Å². The fraction of sp³-hybridized carbons (Fsp3) is 0.765. The van der Waals surface area contributed by atoms with E-state index in [0.29, 0.717) is 10.8 Å². The van der Waals surface area contributed by atoms with Gasteiger partial charge in [-0.1, -0.05) is 65.5 Å². The van der Waals surface area contributed by atoms with Crippen molar-refractivity contribution in [2.24, 2.45) is 52.3 Å². The van der Waals surface area contributed by atoms with E-state index in [2.05, 4.69) is 64.7 Å². The van der Waals surface area contributed by atoms with E-state index in [1.54, 1.807) is 11.3 Å². The van der Waals surface area contributed by atoms with Crippen LogP contribution < -0.4 is 0 Å². The molecule has 1 heteroatoms. The van der Waals surface area contributed by atoms with Gasteiger partial charge in [0.1, 0.15) is 0 Å². The molecule has 1 aromatic carbocycles. The summed E-state index contributed by atoms with van der Waals surface area (Å²) in [6.45, 7) is 15.1. The summed E-state index contributed by atoms with van der Waals surface area (Å²) in [5.41, 5.74) is 7.14. The molecule has 0 bridgehead atoms. The second-order valence-corrected chi connectivity index (χ2v) is 14.7. The average molecular weight is 474 g/mol. The van der Waals surface area contributed by atoms with Crippen LogP contribution in [0.2, 0.25) is 0 Å². The second kappa shape index (κ2) is 8.66. The van der Waals surface area contributed by atoms with Gasteiger partial charge in [-0.25, -0.2) is 0 Å². The Bertz CT molecular complexity index is 1080. The van der Waals surface area contributed by atoms with Gasteiger partial charge in [0.2, 0.25) is 0 Å². The van der Waals surface area contributed by atoms with E-state index in [4.69, 9.17) is 0 Å². The Hall–Kier alpha value is -1.24. The molecule has 6 rings (SSSR count). The van der Waals surface area contributed by atoms with E-state index in [0.717, 1.165) is 41.4 Å². The topological polar surface area (TPSA) is 15.8 Å². The maximum absolute atomic E-state index is 3.85. The predicted octanol–water partition coefficient (Wildman–Crippen LogP) is 9.51. The predicted molar refractivity (Wildman–Crippen MR) is 150 cm³/mol. The highest BCUT2D eigenvalue weighted by atomic mass is 14.8. The molecule has 3 fully saturated rings. The lowest BCUT2D eigenvalue weighted by Gasteiger charge is -2.60. The first-order valence-corrected chi connectivity index (χ1v) is 15.3. The normalized spacial score (nSPS) is 39.2. The van der Waals surface area contributed by atoms with Crippen LogP contribution in [0.5, 0.6) is 0 Å². The van der Waals surface area contributed by atoms with Gasteiger partial charge in [-0.05, 0) is 128 Å². The Morgan fingerprint density at radius 2 is 1.74 bits per heavy atom. The maximum atomic E-state index is 3.85. The Morgan fingerprint density at radius 1 is 0.943 bits per heavy atom. The number of rotatable bonds is 5. The van der Waals surface area contributed by atoms with Crippen molar-refractivity contribution < 1.29 is 0 Å². The molecular weight excluding hydrogens is 422 g/mol. The number of hydrogen-bond acceptors (Lipinski definition) is 0. The van der Waals surface area contributed by atoms with Crippen LogP contribution >= 0.6 is 0 Å². The summed E-state index contributed by atoms with van der Waals surface area (Å²) in [7, 11) is 0. The third kappa shape index (κ3) is 3.76. The van der Waals surface area contributed by atoms with Gasteiger partial charge in [-0.3, -0.25) is 0 Å². The summed E-state index contributed by atoms with van der Waals surface area (Å²) in [6, 6.07) is 7.05. The lowest BCUT2D eigenvalue weighted by atomic mass is 9.44. The lowest BCUT2D eigenvalue weighted by molar-refractivity contribution is -0.103. The number of H-pyrrole nitrogens is 1. The van der Waals surface area contributed by atoms with E-state index in [1.165, 1.54) is 87.1 Å². The van der Waals surface area contributed by atoms with E-state index >= 15 is 0 Å². The molecular formula is C34H51N. The molecule has 0 spiro atoms. The molecule has 0 saturated heterocycles. The van der Waals surface area contributed by atoms with Crippen molar-refractivity contribution in [1.82, 2.24) is 4.98 Å². The van der Waals surface area contributed by atoms with Crippen LogP contribution in [0, 0.1) is 59.2 Å². The highest BCUT2D eigenvalue weighted by Crippen LogP contribution is 2.68. The van der Waals surface area contributed by atoms with Crippen LogP contribution in [0.25, 0.3) is 10.9 Å². The minimum atomic E-state index is 0.497. The fourth-order valence-electron chi connectivity index (χ4n) is 10.6. The first-order chi connectivity index (χ1) is 16.7. The maximum Gasteiger partial charge on any atom is 0.0459 e. The molecule has 4 aliphatic carbocycles. The van der Waals surface area contributed by atoms with Crippen molar-refractivity contribution in [3.63, 3.8) is 0 Å². The van der Waals surface area contributed by atoms with Crippen LogP contribution in [-0.2, 0) is 12.8 Å². The van der Waals surface area contributed by atoms with Crippen LogP contribution in [0.3, 0.4) is 0 Å². The quantitative estimate of drug-likeness (QED) is 0.445. The number of fused-ring (bicyclic) bond motifs is 8. The summed E-state index contributed by atoms with van der Waals surface area (Å²) in [4.78, 5) is 3.85. The molecule has 1 nitrogen and oxygen atoms in total. The summed E-state index contributed by atoms with van der Waals surface area (Å²) < 4.78 is 0. The Labute approximate surface area is 215 Å².